The lowest BCUT2D eigenvalue weighted by Crippen LogP contribution is -2.36. The van der Waals surface area contributed by atoms with Crippen molar-refractivity contribution in [1.82, 2.24) is 0 Å². The van der Waals surface area contributed by atoms with Crippen LogP contribution in [0.3, 0.4) is 0 Å². The Morgan fingerprint density at radius 1 is 1.38 bits per heavy atom. The number of carbonyl (C=O) groups excluding carboxylic acids is 1. The minimum Gasteiger partial charge on any atom is -0.480 e. The molecule has 0 spiro atoms. The number of benzene rings is 1. The van der Waals surface area contributed by atoms with Gasteiger partial charge in [-0.2, -0.15) is 0 Å². The molecule has 0 aliphatic carbocycles. The molecule has 0 radical (unpaired) electrons. The number of nitrogens with two attached hydrogens (primary N) is 1. The number of ether oxygens (including phenoxy) is 1. The molecule has 6 nitrogen and oxygen atoms in total. The normalized spacial score (nSPS) is 11.6. The molecule has 0 saturated carbocycles. The van der Waals surface area contributed by atoms with Crippen LogP contribution in [0.1, 0.15) is 0 Å². The number of carboxylic acids is 1. The summed E-state index contributed by atoms with van der Waals surface area (Å²) < 4.78 is 4.61. The summed E-state index contributed by atoms with van der Waals surface area (Å²) in [7, 11) is 0. The summed E-state index contributed by atoms with van der Waals surface area (Å²) in [5.41, 5.74) is 5.72. The SMILES string of the molecule is NC(COC(=O)Nc1ccccc1)C(=O)O. The average Bonchev–Trinajstić information content (AvgIpc) is 2.27. The molecule has 16 heavy (non-hydrogen) atoms. The van der Waals surface area contributed by atoms with E-state index in [4.69, 9.17) is 10.8 Å². The van der Waals surface area contributed by atoms with E-state index in [1.165, 1.54) is 0 Å². The molecular formula is C10H12N2O4. The zero-order valence-electron chi connectivity index (χ0n) is 8.42. The molecule has 0 bridgehead atoms. The number of nitrogens with one attached hydrogen (secondary N) is 1. The second kappa shape index (κ2) is 5.72. The first kappa shape index (κ1) is 12.0. The molecule has 0 fully saturated rings. The minimum atomic E-state index is -1.22. The predicted molar refractivity (Wildman–Crippen MR) is 57.0 cm³/mol. The van der Waals surface area contributed by atoms with Crippen LogP contribution in [0, 0.1) is 0 Å². The molecule has 0 aliphatic rings. The van der Waals surface area contributed by atoms with E-state index in [9.17, 15) is 9.59 Å². The fraction of sp³-hybridized carbons (Fsp3) is 0.200. The third-order valence-corrected chi connectivity index (χ3v) is 1.73. The van der Waals surface area contributed by atoms with Crippen LogP contribution in [-0.2, 0) is 9.53 Å². The zero-order chi connectivity index (χ0) is 12.0. The Hall–Kier alpha value is -2.08. The fourth-order valence-corrected chi connectivity index (χ4v) is 0.912. The van der Waals surface area contributed by atoms with Gasteiger partial charge < -0.3 is 15.6 Å². The predicted octanol–water partition coefficient (Wildman–Crippen LogP) is 0.647. The van der Waals surface area contributed by atoms with Crippen molar-refractivity contribution in [3.05, 3.63) is 30.3 Å². The second-order valence-corrected chi connectivity index (χ2v) is 3.03. The molecule has 86 valence electrons. The first-order valence-corrected chi connectivity index (χ1v) is 4.57. The lowest BCUT2D eigenvalue weighted by atomic mass is 10.3. The summed E-state index contributed by atoms with van der Waals surface area (Å²) in [6.07, 6.45) is -0.733. The van der Waals surface area contributed by atoms with Crippen LogP contribution in [0.2, 0.25) is 0 Å². The lowest BCUT2D eigenvalue weighted by Gasteiger charge is -2.08. The van der Waals surface area contributed by atoms with Crippen molar-refractivity contribution in [2.24, 2.45) is 5.73 Å². The zero-order valence-corrected chi connectivity index (χ0v) is 8.42. The molecule has 0 aliphatic heterocycles. The fourth-order valence-electron chi connectivity index (χ4n) is 0.912. The van der Waals surface area contributed by atoms with E-state index in [0.29, 0.717) is 5.69 Å². The van der Waals surface area contributed by atoms with Gasteiger partial charge in [0.05, 0.1) is 0 Å². The molecule has 4 N–H and O–H groups in total. The van der Waals surface area contributed by atoms with Crippen molar-refractivity contribution in [2.75, 3.05) is 11.9 Å². The van der Waals surface area contributed by atoms with Crippen molar-refractivity contribution >= 4 is 17.7 Å². The van der Waals surface area contributed by atoms with Gasteiger partial charge >= 0.3 is 12.1 Å². The topological polar surface area (TPSA) is 102 Å². The molecule has 0 aromatic heterocycles. The molecule has 0 heterocycles. The highest BCUT2D eigenvalue weighted by atomic mass is 16.5. The summed E-state index contributed by atoms with van der Waals surface area (Å²) in [6.45, 7) is -0.367. The van der Waals surface area contributed by atoms with Crippen LogP contribution in [0.5, 0.6) is 0 Å². The van der Waals surface area contributed by atoms with Crippen LogP contribution >= 0.6 is 0 Å². The maximum atomic E-state index is 11.2. The first-order valence-electron chi connectivity index (χ1n) is 4.57. The quantitative estimate of drug-likeness (QED) is 0.696. The monoisotopic (exact) mass is 224 g/mol. The summed E-state index contributed by atoms with van der Waals surface area (Å²) in [6, 6.07) is 7.45. The number of para-hydroxylation sites is 1. The molecule has 1 aromatic rings. The Kier molecular flexibility index (Phi) is 4.28. The van der Waals surface area contributed by atoms with E-state index in [-0.39, 0.29) is 6.61 Å². The van der Waals surface area contributed by atoms with Crippen LogP contribution in [0.25, 0.3) is 0 Å². The van der Waals surface area contributed by atoms with Gasteiger partial charge in [-0.05, 0) is 12.1 Å². The van der Waals surface area contributed by atoms with Gasteiger partial charge in [0.25, 0.3) is 0 Å². The number of rotatable bonds is 4. The van der Waals surface area contributed by atoms with Crippen LogP contribution in [0.4, 0.5) is 10.5 Å². The number of aliphatic carboxylic acids is 1. The Bertz CT molecular complexity index is 366. The Morgan fingerprint density at radius 3 is 2.56 bits per heavy atom. The number of hydrogen-bond donors (Lipinski definition) is 3. The van der Waals surface area contributed by atoms with Crippen molar-refractivity contribution < 1.29 is 19.4 Å². The smallest absolute Gasteiger partial charge is 0.411 e. The third-order valence-electron chi connectivity index (χ3n) is 1.73. The Balaban J connectivity index is 2.35. The molecular weight excluding hydrogens is 212 g/mol. The van der Waals surface area contributed by atoms with Crippen LogP contribution < -0.4 is 11.1 Å². The van der Waals surface area contributed by atoms with Crippen LogP contribution in [0.15, 0.2) is 30.3 Å². The number of amides is 1. The van der Waals surface area contributed by atoms with Crippen molar-refractivity contribution in [3.63, 3.8) is 0 Å². The van der Waals surface area contributed by atoms with Crippen molar-refractivity contribution in [1.29, 1.82) is 0 Å². The van der Waals surface area contributed by atoms with Gasteiger partial charge in [-0.15, -0.1) is 0 Å². The Labute approximate surface area is 92.0 Å². The third kappa shape index (κ3) is 3.97. The first-order chi connectivity index (χ1) is 7.59. The van der Waals surface area contributed by atoms with Gasteiger partial charge in [0.1, 0.15) is 12.6 Å². The molecule has 1 amide bonds. The number of anilines is 1. The van der Waals surface area contributed by atoms with E-state index >= 15 is 0 Å². The highest BCUT2D eigenvalue weighted by molar-refractivity contribution is 5.84. The molecule has 1 unspecified atom stereocenters. The van der Waals surface area contributed by atoms with Crippen molar-refractivity contribution in [2.45, 2.75) is 6.04 Å². The molecule has 1 rings (SSSR count). The van der Waals surface area contributed by atoms with E-state index in [2.05, 4.69) is 10.1 Å². The second-order valence-electron chi connectivity index (χ2n) is 3.03. The van der Waals surface area contributed by atoms with Gasteiger partial charge in [-0.25, -0.2) is 4.79 Å². The van der Waals surface area contributed by atoms with Gasteiger partial charge in [0.15, 0.2) is 0 Å². The molecule has 6 heteroatoms. The lowest BCUT2D eigenvalue weighted by molar-refractivity contribution is -0.139. The van der Waals surface area contributed by atoms with E-state index in [0.717, 1.165) is 0 Å². The summed E-state index contributed by atoms with van der Waals surface area (Å²) in [4.78, 5) is 21.5. The van der Waals surface area contributed by atoms with Gasteiger partial charge in [0, 0.05) is 5.69 Å². The van der Waals surface area contributed by atoms with E-state index in [1.54, 1.807) is 30.3 Å². The summed E-state index contributed by atoms with van der Waals surface area (Å²) in [5, 5.41) is 10.9. The Morgan fingerprint density at radius 2 is 2.00 bits per heavy atom. The van der Waals surface area contributed by atoms with Crippen LogP contribution in [-0.4, -0.2) is 29.8 Å². The molecule has 1 atom stereocenters. The molecule has 0 saturated heterocycles. The maximum absolute atomic E-state index is 11.2. The van der Waals surface area contributed by atoms with Gasteiger partial charge in [0.2, 0.25) is 0 Å². The highest BCUT2D eigenvalue weighted by Gasteiger charge is 2.13. The van der Waals surface area contributed by atoms with Crippen molar-refractivity contribution in [3.8, 4) is 0 Å². The largest absolute Gasteiger partial charge is 0.480 e. The number of hydrogen-bond acceptors (Lipinski definition) is 4. The van der Waals surface area contributed by atoms with Gasteiger partial charge in [-0.1, -0.05) is 18.2 Å². The highest BCUT2D eigenvalue weighted by Crippen LogP contribution is 2.05. The maximum Gasteiger partial charge on any atom is 0.411 e. The summed E-state index contributed by atoms with van der Waals surface area (Å²) in [5.74, 6) is -1.22. The molecule has 1 aromatic carbocycles. The average molecular weight is 224 g/mol. The van der Waals surface area contributed by atoms with E-state index in [1.807, 2.05) is 0 Å². The standard InChI is InChI=1S/C10H12N2O4/c11-8(9(13)14)6-16-10(15)12-7-4-2-1-3-5-7/h1-5,8H,6,11H2,(H,12,15)(H,13,14). The number of carboxylic acid groups (broad SMARTS) is 1. The van der Waals surface area contributed by atoms with E-state index < -0.39 is 18.1 Å². The minimum absolute atomic E-state index is 0.367. The summed E-state index contributed by atoms with van der Waals surface area (Å²) >= 11 is 0. The number of carbonyl (C=O) groups is 2. The van der Waals surface area contributed by atoms with Gasteiger partial charge in [-0.3, -0.25) is 10.1 Å².